The van der Waals surface area contributed by atoms with E-state index in [1.807, 2.05) is 30.5 Å². The van der Waals surface area contributed by atoms with Crippen molar-refractivity contribution >= 4 is 38.4 Å². The number of aromatic nitrogens is 1. The van der Waals surface area contributed by atoms with Crippen molar-refractivity contribution in [3.05, 3.63) is 64.5 Å². The van der Waals surface area contributed by atoms with Gasteiger partial charge in [0.2, 0.25) is 5.91 Å². The molecule has 3 aromatic rings. The van der Waals surface area contributed by atoms with Gasteiger partial charge in [-0.2, -0.15) is 0 Å². The Hall–Kier alpha value is -2.14. The molecule has 0 saturated heterocycles. The molecule has 0 aliphatic carbocycles. The fourth-order valence-corrected chi connectivity index (χ4v) is 2.75. The van der Waals surface area contributed by atoms with E-state index < -0.39 is 5.82 Å². The van der Waals surface area contributed by atoms with E-state index in [0.29, 0.717) is 12.8 Å². The number of hydrogen-bond acceptors (Lipinski definition) is 1. The number of anilines is 1. The second-order valence-electron chi connectivity index (χ2n) is 5.03. The lowest BCUT2D eigenvalue weighted by Gasteiger charge is -2.06. The number of aryl methyl sites for hydroxylation is 1. The molecule has 22 heavy (non-hydrogen) atoms. The van der Waals surface area contributed by atoms with Crippen molar-refractivity contribution in [2.24, 2.45) is 0 Å². The molecule has 0 aliphatic heterocycles. The maximum absolute atomic E-state index is 13.6. The van der Waals surface area contributed by atoms with Crippen molar-refractivity contribution in [3.8, 4) is 0 Å². The maximum atomic E-state index is 13.6. The summed E-state index contributed by atoms with van der Waals surface area (Å²) < 4.78 is 14.3. The van der Waals surface area contributed by atoms with E-state index in [9.17, 15) is 9.18 Å². The number of carbonyl (C=O) groups is 1. The fourth-order valence-electron chi connectivity index (χ4n) is 2.39. The number of benzene rings is 2. The number of hydrogen-bond donors (Lipinski definition) is 2. The standard InChI is InChI=1S/C17H14BrFN2O/c18-12-6-7-14(19)16(9-12)21-17(22)8-5-11-10-20-15-4-2-1-3-13(11)15/h1-4,6-7,9-10,20H,5,8H2,(H,21,22). The van der Waals surface area contributed by atoms with Gasteiger partial charge in [-0.25, -0.2) is 4.39 Å². The highest BCUT2D eigenvalue weighted by atomic mass is 79.9. The summed E-state index contributed by atoms with van der Waals surface area (Å²) in [6.45, 7) is 0. The van der Waals surface area contributed by atoms with E-state index >= 15 is 0 Å². The smallest absolute Gasteiger partial charge is 0.224 e. The maximum Gasteiger partial charge on any atom is 0.224 e. The second-order valence-corrected chi connectivity index (χ2v) is 5.95. The van der Waals surface area contributed by atoms with Gasteiger partial charge in [0.1, 0.15) is 5.82 Å². The zero-order valence-electron chi connectivity index (χ0n) is 11.7. The number of carbonyl (C=O) groups excluding carboxylic acids is 1. The Bertz CT molecular complexity index is 828. The first-order valence-electron chi connectivity index (χ1n) is 6.93. The number of halogens is 2. The van der Waals surface area contributed by atoms with Gasteiger partial charge < -0.3 is 10.3 Å². The number of fused-ring (bicyclic) bond motifs is 1. The third-order valence-electron chi connectivity index (χ3n) is 3.50. The van der Waals surface area contributed by atoms with Gasteiger partial charge in [-0.3, -0.25) is 4.79 Å². The molecule has 0 unspecified atom stereocenters. The third-order valence-corrected chi connectivity index (χ3v) is 3.99. The predicted octanol–water partition coefficient (Wildman–Crippen LogP) is 4.64. The molecule has 1 heterocycles. The molecule has 1 amide bonds. The van der Waals surface area contributed by atoms with Crippen LogP contribution in [0.5, 0.6) is 0 Å². The van der Waals surface area contributed by atoms with Gasteiger partial charge >= 0.3 is 0 Å². The Morgan fingerprint density at radius 1 is 1.23 bits per heavy atom. The average Bonchev–Trinajstić information content (AvgIpc) is 2.92. The SMILES string of the molecule is O=C(CCc1c[nH]c2ccccc12)Nc1cc(Br)ccc1F. The van der Waals surface area contributed by atoms with E-state index in [-0.39, 0.29) is 11.6 Å². The first-order chi connectivity index (χ1) is 10.6. The summed E-state index contributed by atoms with van der Waals surface area (Å²) in [5.74, 6) is -0.647. The summed E-state index contributed by atoms with van der Waals surface area (Å²) in [5, 5.41) is 3.72. The van der Waals surface area contributed by atoms with Gasteiger partial charge in [-0.15, -0.1) is 0 Å². The van der Waals surface area contributed by atoms with E-state index in [1.54, 1.807) is 12.1 Å². The molecular formula is C17H14BrFN2O. The summed E-state index contributed by atoms with van der Waals surface area (Å²) in [6, 6.07) is 12.4. The third kappa shape index (κ3) is 3.20. The zero-order valence-corrected chi connectivity index (χ0v) is 13.3. The molecule has 3 rings (SSSR count). The van der Waals surface area contributed by atoms with Crippen LogP contribution in [0, 0.1) is 5.82 Å². The van der Waals surface area contributed by atoms with E-state index in [4.69, 9.17) is 0 Å². The number of para-hydroxylation sites is 1. The molecule has 0 radical (unpaired) electrons. The van der Waals surface area contributed by atoms with E-state index in [1.165, 1.54) is 6.07 Å². The largest absolute Gasteiger partial charge is 0.361 e. The second kappa shape index (κ2) is 6.32. The van der Waals surface area contributed by atoms with Crippen LogP contribution in [0.2, 0.25) is 0 Å². The van der Waals surface area contributed by atoms with Gasteiger partial charge in [0.05, 0.1) is 5.69 Å². The lowest BCUT2D eigenvalue weighted by atomic mass is 10.1. The molecular weight excluding hydrogens is 347 g/mol. The van der Waals surface area contributed by atoms with Crippen LogP contribution in [0.15, 0.2) is 53.1 Å². The van der Waals surface area contributed by atoms with Crippen LogP contribution in [0.4, 0.5) is 10.1 Å². The fraction of sp³-hybridized carbons (Fsp3) is 0.118. The van der Waals surface area contributed by atoms with Gasteiger partial charge in [0.15, 0.2) is 0 Å². The van der Waals surface area contributed by atoms with Crippen molar-refractivity contribution in [1.29, 1.82) is 0 Å². The number of H-pyrrole nitrogens is 1. The highest BCUT2D eigenvalue weighted by molar-refractivity contribution is 9.10. The van der Waals surface area contributed by atoms with Crippen LogP contribution in [-0.4, -0.2) is 10.9 Å². The first kappa shape index (κ1) is 14.8. The van der Waals surface area contributed by atoms with Gasteiger partial charge in [-0.1, -0.05) is 34.1 Å². The molecule has 1 aromatic heterocycles. The first-order valence-corrected chi connectivity index (χ1v) is 7.72. The van der Waals surface area contributed by atoms with Crippen LogP contribution in [0.25, 0.3) is 10.9 Å². The monoisotopic (exact) mass is 360 g/mol. The Balaban J connectivity index is 1.66. The number of nitrogens with one attached hydrogen (secondary N) is 2. The number of aromatic amines is 1. The van der Waals surface area contributed by atoms with Crippen LogP contribution in [-0.2, 0) is 11.2 Å². The molecule has 0 saturated carbocycles. The quantitative estimate of drug-likeness (QED) is 0.699. The van der Waals surface area contributed by atoms with Crippen molar-refractivity contribution in [2.75, 3.05) is 5.32 Å². The van der Waals surface area contributed by atoms with Crippen LogP contribution < -0.4 is 5.32 Å². The molecule has 5 heteroatoms. The highest BCUT2D eigenvalue weighted by Gasteiger charge is 2.09. The van der Waals surface area contributed by atoms with Crippen molar-refractivity contribution < 1.29 is 9.18 Å². The van der Waals surface area contributed by atoms with Crippen LogP contribution in [0.3, 0.4) is 0 Å². The Morgan fingerprint density at radius 2 is 2.05 bits per heavy atom. The lowest BCUT2D eigenvalue weighted by Crippen LogP contribution is -2.13. The summed E-state index contributed by atoms with van der Waals surface area (Å²) in [4.78, 5) is 15.2. The van der Waals surface area contributed by atoms with Gasteiger partial charge in [0, 0.05) is 28.0 Å². The summed E-state index contributed by atoms with van der Waals surface area (Å²) in [5.41, 5.74) is 2.33. The van der Waals surface area contributed by atoms with Gasteiger partial charge in [0.25, 0.3) is 0 Å². The van der Waals surface area contributed by atoms with Crippen LogP contribution in [0.1, 0.15) is 12.0 Å². The molecule has 112 valence electrons. The Kier molecular flexibility index (Phi) is 4.24. The Labute approximate surface area is 135 Å². The minimum Gasteiger partial charge on any atom is -0.361 e. The summed E-state index contributed by atoms with van der Waals surface area (Å²) in [7, 11) is 0. The number of amides is 1. The van der Waals surface area contributed by atoms with Gasteiger partial charge in [-0.05, 0) is 36.2 Å². The van der Waals surface area contributed by atoms with Crippen molar-refractivity contribution in [1.82, 2.24) is 4.98 Å². The summed E-state index contributed by atoms with van der Waals surface area (Å²) >= 11 is 3.26. The Morgan fingerprint density at radius 3 is 2.91 bits per heavy atom. The van der Waals surface area contributed by atoms with Crippen molar-refractivity contribution in [2.45, 2.75) is 12.8 Å². The highest BCUT2D eigenvalue weighted by Crippen LogP contribution is 2.21. The molecule has 0 bridgehead atoms. The molecule has 0 atom stereocenters. The normalized spacial score (nSPS) is 10.8. The predicted molar refractivity (Wildman–Crippen MR) is 89.3 cm³/mol. The number of rotatable bonds is 4. The lowest BCUT2D eigenvalue weighted by molar-refractivity contribution is -0.116. The molecule has 0 spiro atoms. The van der Waals surface area contributed by atoms with E-state index in [0.717, 1.165) is 20.9 Å². The summed E-state index contributed by atoms with van der Waals surface area (Å²) in [6.07, 6.45) is 2.82. The topological polar surface area (TPSA) is 44.9 Å². The molecule has 2 aromatic carbocycles. The minimum absolute atomic E-state index is 0.193. The molecule has 0 aliphatic rings. The molecule has 2 N–H and O–H groups in total. The zero-order chi connectivity index (χ0) is 15.5. The molecule has 3 nitrogen and oxygen atoms in total. The van der Waals surface area contributed by atoms with Crippen LogP contribution >= 0.6 is 15.9 Å². The molecule has 0 fully saturated rings. The van der Waals surface area contributed by atoms with E-state index in [2.05, 4.69) is 26.2 Å². The average molecular weight is 361 g/mol. The van der Waals surface area contributed by atoms with Crippen molar-refractivity contribution in [3.63, 3.8) is 0 Å². The minimum atomic E-state index is -0.441.